The van der Waals surface area contributed by atoms with Crippen LogP contribution in [0, 0.1) is 28.6 Å². The summed E-state index contributed by atoms with van der Waals surface area (Å²) < 4.78 is 0. The fraction of sp³-hybridized carbons (Fsp3) is 1.00. The summed E-state index contributed by atoms with van der Waals surface area (Å²) in [7, 11) is 0. The highest BCUT2D eigenvalue weighted by Gasteiger charge is 2.63. The van der Waals surface area contributed by atoms with Crippen LogP contribution < -0.4 is 0 Å². The van der Waals surface area contributed by atoms with Crippen molar-refractivity contribution in [3.8, 4) is 0 Å². The first kappa shape index (κ1) is 11.0. The maximum absolute atomic E-state index is 10.3. The molecule has 0 amide bonds. The van der Waals surface area contributed by atoms with E-state index in [1.54, 1.807) is 0 Å². The molecule has 0 radical (unpaired) electrons. The van der Waals surface area contributed by atoms with Gasteiger partial charge in [0.1, 0.15) is 0 Å². The topological polar surface area (TPSA) is 40.5 Å². The summed E-state index contributed by atoms with van der Waals surface area (Å²) in [6.07, 6.45) is 3.74. The SMILES string of the molecule is CC1(C)CC2C(O)C(O)C3CCC3(C)C2C1. The molecule has 6 atom stereocenters. The minimum atomic E-state index is -0.467. The third-order valence-electron chi connectivity index (χ3n) is 5.97. The zero-order valence-electron chi connectivity index (χ0n) is 10.6. The van der Waals surface area contributed by atoms with Crippen molar-refractivity contribution in [3.05, 3.63) is 0 Å². The Hall–Kier alpha value is -0.0800. The summed E-state index contributed by atoms with van der Waals surface area (Å²) in [5.74, 6) is 1.34. The van der Waals surface area contributed by atoms with Gasteiger partial charge in [0.25, 0.3) is 0 Å². The summed E-state index contributed by atoms with van der Waals surface area (Å²) in [4.78, 5) is 0. The van der Waals surface area contributed by atoms with E-state index >= 15 is 0 Å². The van der Waals surface area contributed by atoms with Gasteiger partial charge in [-0.2, -0.15) is 0 Å². The van der Waals surface area contributed by atoms with E-state index in [1.165, 1.54) is 12.8 Å². The van der Waals surface area contributed by atoms with Gasteiger partial charge < -0.3 is 10.2 Å². The Morgan fingerprint density at radius 2 is 1.62 bits per heavy atom. The molecule has 0 spiro atoms. The van der Waals surface area contributed by atoms with Crippen molar-refractivity contribution < 1.29 is 10.2 Å². The predicted octanol–water partition coefficient (Wildman–Crippen LogP) is 2.19. The summed E-state index contributed by atoms with van der Waals surface area (Å²) >= 11 is 0. The van der Waals surface area contributed by atoms with E-state index in [0.717, 1.165) is 12.8 Å². The molecule has 2 N–H and O–H groups in total. The maximum atomic E-state index is 10.3. The lowest BCUT2D eigenvalue weighted by molar-refractivity contribution is -0.196. The van der Waals surface area contributed by atoms with Gasteiger partial charge in [-0.3, -0.25) is 0 Å². The van der Waals surface area contributed by atoms with Gasteiger partial charge in [-0.05, 0) is 54.3 Å². The van der Waals surface area contributed by atoms with Crippen LogP contribution in [0.3, 0.4) is 0 Å². The van der Waals surface area contributed by atoms with E-state index in [9.17, 15) is 10.2 Å². The van der Waals surface area contributed by atoms with Crippen molar-refractivity contribution in [2.75, 3.05) is 0 Å². The van der Waals surface area contributed by atoms with Crippen molar-refractivity contribution in [1.29, 1.82) is 0 Å². The summed E-state index contributed by atoms with van der Waals surface area (Å²) in [5, 5.41) is 20.5. The summed E-state index contributed by atoms with van der Waals surface area (Å²) in [5.41, 5.74) is 0.667. The van der Waals surface area contributed by atoms with Crippen LogP contribution in [0.4, 0.5) is 0 Å². The van der Waals surface area contributed by atoms with Gasteiger partial charge in [-0.25, -0.2) is 0 Å². The number of fused-ring (bicyclic) bond motifs is 3. The second-order valence-corrected chi connectivity index (χ2v) is 7.47. The normalized spacial score (nSPS) is 58.7. The standard InChI is InChI=1S/C14H24O2/c1-13(2)6-8-10(7-13)14(3)5-4-9(14)12(16)11(8)15/h8-12,15-16H,4-7H2,1-3H3. The van der Waals surface area contributed by atoms with Crippen LogP contribution in [-0.4, -0.2) is 22.4 Å². The number of hydrogen-bond donors (Lipinski definition) is 2. The molecule has 0 saturated heterocycles. The average Bonchev–Trinajstić information content (AvgIpc) is 2.49. The van der Waals surface area contributed by atoms with Crippen LogP contribution in [-0.2, 0) is 0 Å². The molecule has 3 aliphatic carbocycles. The van der Waals surface area contributed by atoms with E-state index < -0.39 is 12.2 Å². The number of rotatable bonds is 0. The van der Waals surface area contributed by atoms with Crippen LogP contribution in [0.15, 0.2) is 0 Å². The molecule has 0 aliphatic heterocycles. The Balaban J connectivity index is 1.95. The first-order chi connectivity index (χ1) is 7.35. The lowest BCUT2D eigenvalue weighted by atomic mass is 9.47. The minimum Gasteiger partial charge on any atom is -0.390 e. The van der Waals surface area contributed by atoms with Crippen LogP contribution in [0.25, 0.3) is 0 Å². The molecule has 2 nitrogen and oxygen atoms in total. The van der Waals surface area contributed by atoms with Crippen LogP contribution in [0.1, 0.15) is 46.5 Å². The van der Waals surface area contributed by atoms with Gasteiger partial charge in [-0.15, -0.1) is 0 Å². The highest BCUT2D eigenvalue weighted by molar-refractivity contribution is 5.12. The minimum absolute atomic E-state index is 0.317. The molecule has 2 heteroatoms. The number of aliphatic hydroxyl groups is 2. The molecule has 0 aromatic carbocycles. The largest absolute Gasteiger partial charge is 0.390 e. The molecule has 6 unspecified atom stereocenters. The molecule has 3 aliphatic rings. The first-order valence-corrected chi connectivity index (χ1v) is 6.71. The molecular formula is C14H24O2. The molecule has 0 aromatic rings. The zero-order chi connectivity index (χ0) is 11.7. The smallest absolute Gasteiger partial charge is 0.0835 e. The lowest BCUT2D eigenvalue weighted by Gasteiger charge is -2.60. The molecule has 3 rings (SSSR count). The molecule has 92 valence electrons. The Labute approximate surface area is 98.1 Å². The Morgan fingerprint density at radius 3 is 2.19 bits per heavy atom. The van der Waals surface area contributed by atoms with E-state index in [2.05, 4.69) is 20.8 Å². The van der Waals surface area contributed by atoms with Crippen LogP contribution in [0.2, 0.25) is 0 Å². The Kier molecular flexibility index (Phi) is 2.09. The van der Waals surface area contributed by atoms with E-state index in [0.29, 0.717) is 28.6 Å². The van der Waals surface area contributed by atoms with Crippen molar-refractivity contribution in [3.63, 3.8) is 0 Å². The molecule has 0 heterocycles. The van der Waals surface area contributed by atoms with Crippen LogP contribution >= 0.6 is 0 Å². The van der Waals surface area contributed by atoms with Gasteiger partial charge >= 0.3 is 0 Å². The number of aliphatic hydroxyl groups excluding tert-OH is 2. The van der Waals surface area contributed by atoms with Crippen molar-refractivity contribution >= 4 is 0 Å². The highest BCUT2D eigenvalue weighted by Crippen LogP contribution is 2.66. The quantitative estimate of drug-likeness (QED) is 0.662. The van der Waals surface area contributed by atoms with Crippen molar-refractivity contribution in [1.82, 2.24) is 0 Å². The second kappa shape index (κ2) is 3.02. The predicted molar refractivity (Wildman–Crippen MR) is 62.8 cm³/mol. The van der Waals surface area contributed by atoms with E-state index in [4.69, 9.17) is 0 Å². The molecule has 3 fully saturated rings. The summed E-state index contributed by atoms with van der Waals surface area (Å²) in [6.45, 7) is 6.96. The molecule has 0 bridgehead atoms. The fourth-order valence-electron chi connectivity index (χ4n) is 4.97. The Morgan fingerprint density at radius 1 is 0.938 bits per heavy atom. The van der Waals surface area contributed by atoms with Crippen molar-refractivity contribution in [2.45, 2.75) is 58.7 Å². The van der Waals surface area contributed by atoms with E-state index in [1.807, 2.05) is 0 Å². The highest BCUT2D eigenvalue weighted by atomic mass is 16.3. The molecule has 0 aromatic heterocycles. The van der Waals surface area contributed by atoms with Gasteiger partial charge in [0.15, 0.2) is 0 Å². The van der Waals surface area contributed by atoms with Gasteiger partial charge in [0.2, 0.25) is 0 Å². The zero-order valence-corrected chi connectivity index (χ0v) is 10.6. The molecular weight excluding hydrogens is 200 g/mol. The monoisotopic (exact) mass is 224 g/mol. The Bertz CT molecular complexity index is 312. The number of hydrogen-bond acceptors (Lipinski definition) is 2. The van der Waals surface area contributed by atoms with Crippen LogP contribution in [0.5, 0.6) is 0 Å². The van der Waals surface area contributed by atoms with Gasteiger partial charge in [-0.1, -0.05) is 20.8 Å². The third kappa shape index (κ3) is 1.20. The lowest BCUT2D eigenvalue weighted by Crippen LogP contribution is -2.60. The van der Waals surface area contributed by atoms with E-state index in [-0.39, 0.29) is 0 Å². The maximum Gasteiger partial charge on any atom is 0.0835 e. The molecule has 3 saturated carbocycles. The second-order valence-electron chi connectivity index (χ2n) is 7.47. The summed E-state index contributed by atoms with van der Waals surface area (Å²) in [6, 6.07) is 0. The third-order valence-corrected chi connectivity index (χ3v) is 5.97. The average molecular weight is 224 g/mol. The fourth-order valence-corrected chi connectivity index (χ4v) is 4.97. The van der Waals surface area contributed by atoms with Gasteiger partial charge in [0.05, 0.1) is 12.2 Å². The van der Waals surface area contributed by atoms with Crippen molar-refractivity contribution in [2.24, 2.45) is 28.6 Å². The first-order valence-electron chi connectivity index (χ1n) is 6.71. The molecule has 16 heavy (non-hydrogen) atoms. The van der Waals surface area contributed by atoms with Gasteiger partial charge in [0, 0.05) is 0 Å².